The van der Waals surface area contributed by atoms with Crippen molar-refractivity contribution in [2.24, 2.45) is 15.1 Å². The van der Waals surface area contributed by atoms with Gasteiger partial charge in [0.15, 0.2) is 0 Å². The van der Waals surface area contributed by atoms with Crippen molar-refractivity contribution in [3.8, 4) is 0 Å². The zero-order valence-corrected chi connectivity index (χ0v) is 8.39. The van der Waals surface area contributed by atoms with Gasteiger partial charge in [-0.1, -0.05) is 5.16 Å². The molecule has 0 aromatic heterocycles. The van der Waals surface area contributed by atoms with Crippen LogP contribution in [0.4, 0.5) is 0 Å². The van der Waals surface area contributed by atoms with Crippen molar-refractivity contribution >= 4 is 35.6 Å². The van der Waals surface area contributed by atoms with Crippen molar-refractivity contribution in [3.05, 3.63) is 11.9 Å². The third-order valence-electron chi connectivity index (χ3n) is 1.90. The molecule has 0 aromatic carbocycles. The topological polar surface area (TPSA) is 86.4 Å². The number of aliphatic imine (C=N–C) groups is 2. The van der Waals surface area contributed by atoms with Crippen LogP contribution in [0.1, 0.15) is 0 Å². The number of rotatable bonds is 2. The summed E-state index contributed by atoms with van der Waals surface area (Å²) in [7, 11) is 0. The van der Waals surface area contributed by atoms with E-state index in [0.29, 0.717) is 5.82 Å². The lowest BCUT2D eigenvalue weighted by Crippen LogP contribution is -2.29. The highest BCUT2D eigenvalue weighted by atomic mass is 32.2. The summed E-state index contributed by atoms with van der Waals surface area (Å²) >= 11 is 1.58. The maximum absolute atomic E-state index is 11.0. The van der Waals surface area contributed by atoms with E-state index in [1.165, 1.54) is 0 Å². The summed E-state index contributed by atoms with van der Waals surface area (Å²) in [6, 6.07) is 0.0714. The standard InChI is InChI=1S/C8H8N4O2S/c13-8(3-11-14)12-7-1-6-5(2-9-7)10-4-15-6/h1-6,14H,(H,12,13)/b11-3-. The minimum Gasteiger partial charge on any atom is -0.411 e. The second-order valence-electron chi connectivity index (χ2n) is 2.91. The van der Waals surface area contributed by atoms with E-state index in [1.807, 2.05) is 6.08 Å². The summed E-state index contributed by atoms with van der Waals surface area (Å²) in [6.07, 6.45) is 4.29. The average Bonchev–Trinajstić information content (AvgIpc) is 2.65. The Balaban J connectivity index is 2.00. The summed E-state index contributed by atoms with van der Waals surface area (Å²) in [4.78, 5) is 19.2. The summed E-state index contributed by atoms with van der Waals surface area (Å²) < 4.78 is 0. The van der Waals surface area contributed by atoms with Gasteiger partial charge < -0.3 is 10.5 Å². The lowest BCUT2D eigenvalue weighted by molar-refractivity contribution is -0.113. The van der Waals surface area contributed by atoms with Crippen LogP contribution in [-0.4, -0.2) is 40.4 Å². The Bertz CT molecular complexity index is 388. The predicted octanol–water partition coefficient (Wildman–Crippen LogP) is 0.000700. The number of nitrogens with zero attached hydrogens (tertiary/aromatic N) is 3. The predicted molar refractivity (Wildman–Crippen MR) is 58.7 cm³/mol. The number of fused-ring (bicyclic) bond motifs is 1. The molecule has 1 amide bonds. The molecule has 2 aliphatic heterocycles. The van der Waals surface area contributed by atoms with Crippen molar-refractivity contribution in [2.75, 3.05) is 0 Å². The van der Waals surface area contributed by atoms with Gasteiger partial charge in [0, 0.05) is 6.21 Å². The fraction of sp³-hybridized carbons (Fsp3) is 0.250. The first-order valence-corrected chi connectivity index (χ1v) is 5.15. The molecule has 2 rings (SSSR count). The monoisotopic (exact) mass is 224 g/mol. The Hall–Kier alpha value is -1.63. The van der Waals surface area contributed by atoms with E-state index in [9.17, 15) is 4.79 Å². The minimum atomic E-state index is -0.511. The van der Waals surface area contributed by atoms with Gasteiger partial charge in [0.1, 0.15) is 18.1 Å². The minimum absolute atomic E-state index is 0.0714. The summed E-state index contributed by atoms with van der Waals surface area (Å²) in [5.74, 6) is -0.0533. The quantitative estimate of drug-likeness (QED) is 0.393. The highest BCUT2D eigenvalue weighted by Crippen LogP contribution is 2.25. The van der Waals surface area contributed by atoms with Crippen LogP contribution in [-0.2, 0) is 4.79 Å². The van der Waals surface area contributed by atoms with Crippen LogP contribution in [0.5, 0.6) is 0 Å². The molecule has 2 heterocycles. The molecule has 2 unspecified atom stereocenters. The maximum atomic E-state index is 11.0. The van der Waals surface area contributed by atoms with Gasteiger partial charge in [-0.05, 0) is 6.08 Å². The number of amides is 1. The largest absolute Gasteiger partial charge is 0.411 e. The lowest BCUT2D eigenvalue weighted by atomic mass is 10.2. The smallest absolute Gasteiger partial charge is 0.271 e. The van der Waals surface area contributed by atoms with E-state index in [0.717, 1.165) is 6.21 Å². The highest BCUT2D eigenvalue weighted by molar-refractivity contribution is 8.13. The molecule has 7 heteroatoms. The molecule has 2 aliphatic rings. The van der Waals surface area contributed by atoms with E-state index < -0.39 is 5.91 Å². The van der Waals surface area contributed by atoms with Crippen LogP contribution in [0.25, 0.3) is 0 Å². The first-order valence-electron chi connectivity index (χ1n) is 4.21. The Morgan fingerprint density at radius 1 is 1.73 bits per heavy atom. The van der Waals surface area contributed by atoms with Crippen LogP contribution in [0, 0.1) is 0 Å². The van der Waals surface area contributed by atoms with E-state index in [2.05, 4.69) is 20.5 Å². The molecular weight excluding hydrogens is 216 g/mol. The van der Waals surface area contributed by atoms with Crippen molar-refractivity contribution < 1.29 is 10.0 Å². The van der Waals surface area contributed by atoms with Crippen LogP contribution >= 0.6 is 11.8 Å². The van der Waals surface area contributed by atoms with E-state index in [-0.39, 0.29) is 11.3 Å². The van der Waals surface area contributed by atoms with Crippen molar-refractivity contribution in [3.63, 3.8) is 0 Å². The summed E-state index contributed by atoms with van der Waals surface area (Å²) in [6.45, 7) is 0. The molecule has 2 atom stereocenters. The second-order valence-corrected chi connectivity index (χ2v) is 3.94. The second kappa shape index (κ2) is 4.26. The average molecular weight is 224 g/mol. The zero-order chi connectivity index (χ0) is 10.7. The fourth-order valence-electron chi connectivity index (χ4n) is 1.24. The molecule has 2 N–H and O–H groups in total. The van der Waals surface area contributed by atoms with Gasteiger partial charge in [-0.2, -0.15) is 0 Å². The molecule has 6 nitrogen and oxygen atoms in total. The number of hydrogen-bond donors (Lipinski definition) is 2. The van der Waals surface area contributed by atoms with Crippen LogP contribution in [0.3, 0.4) is 0 Å². The van der Waals surface area contributed by atoms with E-state index in [1.54, 1.807) is 23.5 Å². The molecule has 0 aliphatic carbocycles. The zero-order valence-electron chi connectivity index (χ0n) is 7.57. The molecule has 78 valence electrons. The summed E-state index contributed by atoms with van der Waals surface area (Å²) in [5.41, 5.74) is 1.78. The maximum Gasteiger partial charge on any atom is 0.271 e. The van der Waals surface area contributed by atoms with Crippen molar-refractivity contribution in [1.82, 2.24) is 5.32 Å². The third kappa shape index (κ3) is 2.24. The van der Waals surface area contributed by atoms with Gasteiger partial charge >= 0.3 is 0 Å². The summed E-state index contributed by atoms with van der Waals surface area (Å²) in [5, 5.41) is 13.4. The lowest BCUT2D eigenvalue weighted by Gasteiger charge is -2.15. The highest BCUT2D eigenvalue weighted by Gasteiger charge is 2.25. The van der Waals surface area contributed by atoms with Gasteiger partial charge in [0.25, 0.3) is 5.91 Å². The number of oxime groups is 1. The normalized spacial score (nSPS) is 27.9. The molecule has 0 aromatic rings. The molecule has 0 bridgehead atoms. The molecule has 0 radical (unpaired) electrons. The first kappa shape index (κ1) is 9.91. The number of thioether (sulfide) groups is 1. The van der Waals surface area contributed by atoms with Crippen molar-refractivity contribution in [2.45, 2.75) is 11.3 Å². The fourth-order valence-corrected chi connectivity index (χ4v) is 2.10. The van der Waals surface area contributed by atoms with Crippen LogP contribution in [0.15, 0.2) is 27.0 Å². The molecule has 0 fully saturated rings. The molecule has 0 saturated carbocycles. The van der Waals surface area contributed by atoms with E-state index >= 15 is 0 Å². The van der Waals surface area contributed by atoms with E-state index in [4.69, 9.17) is 5.21 Å². The van der Waals surface area contributed by atoms with Gasteiger partial charge in [-0.3, -0.25) is 9.79 Å². The molecular formula is C8H8N4O2S. The van der Waals surface area contributed by atoms with Crippen LogP contribution < -0.4 is 5.32 Å². The van der Waals surface area contributed by atoms with Gasteiger partial charge in [-0.25, -0.2) is 4.99 Å². The third-order valence-corrected chi connectivity index (χ3v) is 2.87. The number of carbonyl (C=O) groups excluding carboxylic acids is 1. The number of nitrogens with one attached hydrogen (secondary N) is 1. The Kier molecular flexibility index (Phi) is 2.82. The Morgan fingerprint density at radius 3 is 3.40 bits per heavy atom. The molecule has 15 heavy (non-hydrogen) atoms. The Labute approximate surface area is 89.9 Å². The van der Waals surface area contributed by atoms with Gasteiger partial charge in [0.2, 0.25) is 0 Å². The van der Waals surface area contributed by atoms with Gasteiger partial charge in [0.05, 0.1) is 10.8 Å². The Morgan fingerprint density at radius 2 is 2.60 bits per heavy atom. The first-order chi connectivity index (χ1) is 7.29. The SMILES string of the molecule is O=C(/C=N\O)NC1=CC2SC=NC2C=N1. The van der Waals surface area contributed by atoms with Crippen LogP contribution in [0.2, 0.25) is 0 Å². The van der Waals surface area contributed by atoms with Gasteiger partial charge in [-0.15, -0.1) is 11.8 Å². The molecule has 0 saturated heterocycles. The molecule has 0 spiro atoms. The van der Waals surface area contributed by atoms with Crippen molar-refractivity contribution in [1.29, 1.82) is 0 Å². The number of hydrogen-bond acceptors (Lipinski definition) is 6. The number of carbonyl (C=O) groups is 1.